The minimum Gasteiger partial charge on any atom is -0.378 e. The zero-order chi connectivity index (χ0) is 55.8. The van der Waals surface area contributed by atoms with Gasteiger partial charge in [0.15, 0.2) is 0 Å². The molecule has 430 valence electrons. The quantitative estimate of drug-likeness (QED) is 0.0752. The van der Waals surface area contributed by atoms with Crippen LogP contribution in [-0.2, 0) is 65.4 Å². The van der Waals surface area contributed by atoms with E-state index < -0.39 is 23.1 Å². The van der Waals surface area contributed by atoms with Crippen molar-refractivity contribution in [1.82, 2.24) is 41.0 Å². The minimum atomic E-state index is -4.62. The van der Waals surface area contributed by atoms with Crippen LogP contribution >= 0.6 is 15.9 Å². The molecule has 6 aliphatic rings. The van der Waals surface area contributed by atoms with Gasteiger partial charge in [-0.05, 0) is 155 Å². The normalized spacial score (nSPS) is 27.0. The zero-order valence-corrected chi connectivity index (χ0v) is 47.7. The first-order valence-electron chi connectivity index (χ1n) is 29.1. The second-order valence-electron chi connectivity index (χ2n) is 23.5. The van der Waals surface area contributed by atoms with Gasteiger partial charge in [-0.1, -0.05) is 41.9 Å². The van der Waals surface area contributed by atoms with Gasteiger partial charge < -0.3 is 40.5 Å². The van der Waals surface area contributed by atoms with Crippen LogP contribution in [0.2, 0.25) is 0 Å². The molecule has 3 aromatic rings. The van der Waals surface area contributed by atoms with Crippen LogP contribution in [0, 0.1) is 23.2 Å². The smallest absolute Gasteiger partial charge is 0.378 e. The van der Waals surface area contributed by atoms with Crippen LogP contribution in [0.25, 0.3) is 0 Å². The van der Waals surface area contributed by atoms with Crippen LogP contribution in [-0.4, -0.2) is 113 Å². The molecular formula is C60H80BrF3N8O7. The van der Waals surface area contributed by atoms with Crippen LogP contribution in [0.15, 0.2) is 53.3 Å². The number of amides is 5. The lowest BCUT2D eigenvalue weighted by Gasteiger charge is -2.40. The number of hydrogen-bond acceptors (Lipinski definition) is 10. The Balaban J connectivity index is 0.630. The van der Waals surface area contributed by atoms with E-state index in [1.54, 1.807) is 35.3 Å². The predicted molar refractivity (Wildman–Crippen MR) is 295 cm³/mol. The van der Waals surface area contributed by atoms with Gasteiger partial charge in [-0.25, -0.2) is 0 Å². The number of aryl methyl sites for hydroxylation is 2. The first-order valence-corrected chi connectivity index (χ1v) is 29.9. The molecule has 0 spiro atoms. The number of carbonyl (C=O) groups is 5. The monoisotopic (exact) mass is 1160 g/mol. The molecular weight excluding hydrogens is 1080 g/mol. The fourth-order valence-electron chi connectivity index (χ4n) is 13.6. The van der Waals surface area contributed by atoms with E-state index in [1.807, 2.05) is 6.07 Å². The molecule has 2 aliphatic heterocycles. The summed E-state index contributed by atoms with van der Waals surface area (Å²) in [5.41, 5.74) is 3.17. The van der Waals surface area contributed by atoms with Crippen molar-refractivity contribution in [3.05, 3.63) is 92.5 Å². The van der Waals surface area contributed by atoms with E-state index in [4.69, 9.17) is 9.47 Å². The Hall–Kier alpha value is -4.98. The van der Waals surface area contributed by atoms with E-state index >= 15 is 0 Å². The van der Waals surface area contributed by atoms with Gasteiger partial charge in [0.2, 0.25) is 29.5 Å². The number of alkyl halides is 3. The lowest BCUT2D eigenvalue weighted by Crippen LogP contribution is -2.48. The Labute approximate surface area is 471 Å². The Morgan fingerprint density at radius 3 is 2.33 bits per heavy atom. The summed E-state index contributed by atoms with van der Waals surface area (Å²) in [6.45, 7) is 6.15. The maximum absolute atomic E-state index is 14.6. The lowest BCUT2D eigenvalue weighted by atomic mass is 9.74. The van der Waals surface area contributed by atoms with Crippen molar-refractivity contribution in [2.75, 3.05) is 39.9 Å². The molecule has 15 nitrogen and oxygen atoms in total. The van der Waals surface area contributed by atoms with Gasteiger partial charge in [-0.3, -0.25) is 33.9 Å². The fraction of sp³-hybridized carbons (Fsp3) is 0.650. The van der Waals surface area contributed by atoms with Crippen LogP contribution in [0.4, 0.5) is 13.2 Å². The topological polar surface area (TPSA) is 184 Å². The SMILES string of the molecule is CC(C)[C@]1(C(=O)N2CCc3nc(CCCNC(=O)C4CCC(NC(=O)CCCOC5CCC(OCCNC(=O)[C@H]6CC(=O)N(C)[C@@H]6c6cccnc6)CC5)CC4)c(C(F)(F)F)cc3C2)CC[C@@H](N[C@@H]2CCc3cc(Br)ccc32)C1. The summed E-state index contributed by atoms with van der Waals surface area (Å²) >= 11 is 3.59. The molecule has 4 heterocycles. The molecule has 19 heteroatoms. The molecule has 0 unspecified atom stereocenters. The molecule has 4 N–H and O–H groups in total. The maximum atomic E-state index is 14.6. The second kappa shape index (κ2) is 26.3. The number of hydrogen-bond donors (Lipinski definition) is 4. The Bertz CT molecular complexity index is 2630. The summed E-state index contributed by atoms with van der Waals surface area (Å²) in [6.07, 6.45) is 11.1. The third-order valence-electron chi connectivity index (χ3n) is 18.1. The molecule has 4 aliphatic carbocycles. The Morgan fingerprint density at radius 2 is 1.61 bits per heavy atom. The first kappa shape index (κ1) is 58.7. The largest absolute Gasteiger partial charge is 0.418 e. The number of nitrogens with zero attached hydrogens (tertiary/aromatic N) is 4. The van der Waals surface area contributed by atoms with E-state index in [-0.39, 0.29) is 109 Å². The summed E-state index contributed by atoms with van der Waals surface area (Å²) in [6, 6.07) is 11.4. The number of rotatable bonds is 21. The van der Waals surface area contributed by atoms with Crippen LogP contribution in [0.3, 0.4) is 0 Å². The summed E-state index contributed by atoms with van der Waals surface area (Å²) in [5, 5.41) is 12.9. The molecule has 0 bridgehead atoms. The fourth-order valence-corrected chi connectivity index (χ4v) is 14.0. The summed E-state index contributed by atoms with van der Waals surface area (Å²) in [5.74, 6) is -0.993. The number of halogens is 4. The van der Waals surface area contributed by atoms with Crippen molar-refractivity contribution in [1.29, 1.82) is 0 Å². The van der Waals surface area contributed by atoms with Gasteiger partial charge in [0, 0.05) is 106 Å². The predicted octanol–water partition coefficient (Wildman–Crippen LogP) is 8.80. The van der Waals surface area contributed by atoms with Crippen molar-refractivity contribution in [3.63, 3.8) is 0 Å². The second-order valence-corrected chi connectivity index (χ2v) is 24.4. The summed E-state index contributed by atoms with van der Waals surface area (Å²) in [7, 11) is 1.72. The average molecular weight is 1160 g/mol. The number of ether oxygens (including phenoxy) is 2. The molecule has 3 saturated carbocycles. The van der Waals surface area contributed by atoms with Crippen LogP contribution in [0.1, 0.15) is 168 Å². The minimum absolute atomic E-state index is 0.0166. The van der Waals surface area contributed by atoms with E-state index in [9.17, 15) is 37.1 Å². The molecule has 2 aromatic heterocycles. The number of carbonyl (C=O) groups excluding carboxylic acids is 5. The highest BCUT2D eigenvalue weighted by Gasteiger charge is 2.50. The molecule has 5 atom stereocenters. The van der Waals surface area contributed by atoms with Crippen molar-refractivity contribution >= 4 is 45.5 Å². The van der Waals surface area contributed by atoms with E-state index in [2.05, 4.69) is 79.2 Å². The molecule has 1 aromatic carbocycles. The molecule has 79 heavy (non-hydrogen) atoms. The molecule has 9 rings (SSSR count). The third-order valence-corrected chi connectivity index (χ3v) is 18.6. The first-order chi connectivity index (χ1) is 37.9. The van der Waals surface area contributed by atoms with Crippen molar-refractivity contribution in [2.45, 2.75) is 185 Å². The van der Waals surface area contributed by atoms with Gasteiger partial charge in [0.1, 0.15) is 0 Å². The van der Waals surface area contributed by atoms with E-state index in [0.717, 1.165) is 61.4 Å². The number of likely N-dealkylation sites (tertiary alicyclic amines) is 1. The van der Waals surface area contributed by atoms with Gasteiger partial charge in [0.05, 0.1) is 47.4 Å². The van der Waals surface area contributed by atoms with Gasteiger partial charge >= 0.3 is 6.18 Å². The maximum Gasteiger partial charge on any atom is 0.418 e. The number of fused-ring (bicyclic) bond motifs is 2. The van der Waals surface area contributed by atoms with Gasteiger partial charge in [0.25, 0.3) is 0 Å². The summed E-state index contributed by atoms with van der Waals surface area (Å²) < 4.78 is 57.2. The Kier molecular flexibility index (Phi) is 19.5. The number of benzene rings is 1. The molecule has 1 saturated heterocycles. The van der Waals surface area contributed by atoms with Gasteiger partial charge in [-0.15, -0.1) is 0 Å². The molecule has 0 radical (unpaired) electrons. The number of nitrogens with one attached hydrogen (secondary N) is 4. The Morgan fingerprint density at radius 1 is 0.861 bits per heavy atom. The average Bonchev–Trinajstić information content (AvgIpc) is 4.34. The lowest BCUT2D eigenvalue weighted by molar-refractivity contribution is -0.146. The van der Waals surface area contributed by atoms with Crippen molar-refractivity contribution in [2.24, 2.45) is 23.2 Å². The molecule has 4 fully saturated rings. The number of aromatic nitrogens is 2. The highest BCUT2D eigenvalue weighted by molar-refractivity contribution is 9.10. The summed E-state index contributed by atoms with van der Waals surface area (Å²) in [4.78, 5) is 78.2. The number of pyridine rings is 2. The standard InChI is InChI=1S/C60H80BrF3N8O7/c1-37(2)59(24-22-44(34-59)68-51-21-12-39-31-42(61)13-20-47(39)51)58(77)72-28-23-50-41(36-72)32-49(60(62,63)64)52(70-50)8-5-26-66-56(75)38-10-14-43(15-11-38)69-53(73)9-6-29-78-45-16-18-46(19-17-45)79-30-27-67-57(76)48-33-54(74)71(3)55(48)40-7-4-25-65-35-40/h4,7,13,20,25,31-32,35,37-38,43-46,48,51,55,68H,5-6,8-12,14-19,21-24,26-30,33-34,36H2,1-3H3,(H,66,75)(H,67,76)(H,69,73)/t38?,43?,44-,45?,46?,48+,51-,55-,59+/m1/s1. The van der Waals surface area contributed by atoms with Crippen LogP contribution in [0.5, 0.6) is 0 Å². The third kappa shape index (κ3) is 14.4. The zero-order valence-electron chi connectivity index (χ0n) is 46.2. The van der Waals surface area contributed by atoms with E-state index in [1.165, 1.54) is 17.2 Å². The van der Waals surface area contributed by atoms with Crippen molar-refractivity contribution < 1.29 is 46.6 Å². The van der Waals surface area contributed by atoms with Crippen LogP contribution < -0.4 is 21.3 Å². The van der Waals surface area contributed by atoms with E-state index in [0.29, 0.717) is 95.3 Å². The van der Waals surface area contributed by atoms with Crippen molar-refractivity contribution in [3.8, 4) is 0 Å². The van der Waals surface area contributed by atoms with Gasteiger partial charge in [-0.2, -0.15) is 13.2 Å². The highest BCUT2D eigenvalue weighted by atomic mass is 79.9. The highest BCUT2D eigenvalue weighted by Crippen LogP contribution is 2.48. The molecule has 5 amide bonds.